The van der Waals surface area contributed by atoms with Gasteiger partial charge in [0.2, 0.25) is 0 Å². The lowest BCUT2D eigenvalue weighted by Gasteiger charge is -2.33. The van der Waals surface area contributed by atoms with Crippen LogP contribution in [0.15, 0.2) is 18.2 Å². The molecule has 20 heavy (non-hydrogen) atoms. The molecule has 0 aromatic heterocycles. The molecule has 0 spiro atoms. The average Bonchev–Trinajstić information content (AvgIpc) is 2.47. The summed E-state index contributed by atoms with van der Waals surface area (Å²) in [6, 6.07) is 4.98. The van der Waals surface area contributed by atoms with Crippen LogP contribution >= 0.6 is 0 Å². The van der Waals surface area contributed by atoms with E-state index >= 15 is 0 Å². The summed E-state index contributed by atoms with van der Waals surface area (Å²) in [6.45, 7) is 4.51. The molecular weight excluding hydrogens is 255 g/mol. The standard InChI is InChI=1S/C17H25FO2/c1-11(2)12-7-9-13(10-8-12)17(19)14-5-4-6-15(20-3)16(14)18/h4-6,11-13,17,19H,7-10H2,1-3H3. The third kappa shape index (κ3) is 3.14. The summed E-state index contributed by atoms with van der Waals surface area (Å²) in [5.74, 6) is 1.38. The van der Waals surface area contributed by atoms with Crippen LogP contribution in [0, 0.1) is 23.6 Å². The molecule has 0 bridgehead atoms. The highest BCUT2D eigenvalue weighted by Crippen LogP contribution is 2.40. The van der Waals surface area contributed by atoms with Crippen LogP contribution in [0.3, 0.4) is 0 Å². The molecule has 1 aromatic carbocycles. The Morgan fingerprint density at radius 2 is 1.75 bits per heavy atom. The van der Waals surface area contributed by atoms with Crippen molar-refractivity contribution < 1.29 is 14.2 Å². The van der Waals surface area contributed by atoms with Crippen molar-refractivity contribution in [1.29, 1.82) is 0 Å². The summed E-state index contributed by atoms with van der Waals surface area (Å²) in [6.07, 6.45) is 3.48. The van der Waals surface area contributed by atoms with Gasteiger partial charge >= 0.3 is 0 Å². The number of benzene rings is 1. The van der Waals surface area contributed by atoms with Gasteiger partial charge in [-0.1, -0.05) is 26.0 Å². The van der Waals surface area contributed by atoms with Crippen molar-refractivity contribution in [3.63, 3.8) is 0 Å². The fraction of sp³-hybridized carbons (Fsp3) is 0.647. The van der Waals surface area contributed by atoms with Gasteiger partial charge in [-0.05, 0) is 49.5 Å². The van der Waals surface area contributed by atoms with Gasteiger partial charge in [0.25, 0.3) is 0 Å². The Labute approximate surface area is 121 Å². The highest BCUT2D eigenvalue weighted by atomic mass is 19.1. The number of methoxy groups -OCH3 is 1. The van der Waals surface area contributed by atoms with Gasteiger partial charge in [0, 0.05) is 5.56 Å². The number of ether oxygens (including phenoxy) is 1. The van der Waals surface area contributed by atoms with E-state index in [1.807, 2.05) is 0 Å². The molecule has 1 aromatic rings. The van der Waals surface area contributed by atoms with Crippen LogP contribution < -0.4 is 4.74 Å². The number of hydrogen-bond acceptors (Lipinski definition) is 2. The summed E-state index contributed by atoms with van der Waals surface area (Å²) >= 11 is 0. The van der Waals surface area contributed by atoms with Crippen molar-refractivity contribution in [2.75, 3.05) is 7.11 Å². The minimum absolute atomic E-state index is 0.159. The largest absolute Gasteiger partial charge is 0.494 e. The number of halogens is 1. The molecule has 1 fully saturated rings. The SMILES string of the molecule is COc1cccc(C(O)C2CCC(C(C)C)CC2)c1F. The van der Waals surface area contributed by atoms with Crippen molar-refractivity contribution >= 4 is 0 Å². The van der Waals surface area contributed by atoms with Gasteiger partial charge in [0.05, 0.1) is 13.2 Å². The molecule has 112 valence electrons. The number of aliphatic hydroxyl groups excluding tert-OH is 1. The highest BCUT2D eigenvalue weighted by Gasteiger charge is 2.30. The fourth-order valence-corrected chi connectivity index (χ4v) is 3.30. The predicted molar refractivity (Wildman–Crippen MR) is 78.2 cm³/mol. The third-order valence-corrected chi connectivity index (χ3v) is 4.74. The second kappa shape index (κ2) is 6.57. The van der Waals surface area contributed by atoms with Crippen molar-refractivity contribution in [3.05, 3.63) is 29.6 Å². The molecule has 1 saturated carbocycles. The molecule has 1 aliphatic rings. The van der Waals surface area contributed by atoms with E-state index in [4.69, 9.17) is 4.74 Å². The van der Waals surface area contributed by atoms with E-state index in [-0.39, 0.29) is 11.7 Å². The van der Waals surface area contributed by atoms with Crippen molar-refractivity contribution in [2.24, 2.45) is 17.8 Å². The maximum atomic E-state index is 14.2. The van der Waals surface area contributed by atoms with E-state index in [9.17, 15) is 9.50 Å². The fourth-order valence-electron chi connectivity index (χ4n) is 3.30. The number of hydrogen-bond donors (Lipinski definition) is 1. The molecular formula is C17H25FO2. The van der Waals surface area contributed by atoms with E-state index in [0.29, 0.717) is 11.5 Å². The Kier molecular flexibility index (Phi) is 5.03. The smallest absolute Gasteiger partial charge is 0.170 e. The molecule has 0 aliphatic heterocycles. The average molecular weight is 280 g/mol. The second-order valence-corrected chi connectivity index (χ2v) is 6.23. The molecule has 1 atom stereocenters. The van der Waals surface area contributed by atoms with Crippen LogP contribution in [0.4, 0.5) is 4.39 Å². The first-order valence-corrected chi connectivity index (χ1v) is 7.55. The van der Waals surface area contributed by atoms with E-state index in [1.165, 1.54) is 7.11 Å². The minimum Gasteiger partial charge on any atom is -0.494 e. The summed E-state index contributed by atoms with van der Waals surface area (Å²) in [7, 11) is 1.45. The first kappa shape index (κ1) is 15.3. The number of aliphatic hydroxyl groups is 1. The molecule has 0 amide bonds. The maximum absolute atomic E-state index is 14.2. The normalized spacial score (nSPS) is 24.7. The Balaban J connectivity index is 2.07. The van der Waals surface area contributed by atoms with Gasteiger partial charge in [-0.15, -0.1) is 0 Å². The zero-order valence-corrected chi connectivity index (χ0v) is 12.6. The number of rotatable bonds is 4. The topological polar surface area (TPSA) is 29.5 Å². The monoisotopic (exact) mass is 280 g/mol. The molecule has 0 heterocycles. The van der Waals surface area contributed by atoms with Gasteiger partial charge < -0.3 is 9.84 Å². The lowest BCUT2D eigenvalue weighted by Crippen LogP contribution is -2.23. The highest BCUT2D eigenvalue weighted by molar-refractivity contribution is 5.32. The van der Waals surface area contributed by atoms with E-state index in [1.54, 1.807) is 18.2 Å². The lowest BCUT2D eigenvalue weighted by molar-refractivity contribution is 0.0637. The van der Waals surface area contributed by atoms with Gasteiger partial charge in [-0.3, -0.25) is 0 Å². The first-order chi connectivity index (χ1) is 9.54. The molecule has 1 aliphatic carbocycles. The van der Waals surface area contributed by atoms with Crippen LogP contribution in [0.1, 0.15) is 51.2 Å². The molecule has 3 heteroatoms. The van der Waals surface area contributed by atoms with Gasteiger partial charge in [0.1, 0.15) is 0 Å². The minimum atomic E-state index is -0.724. The van der Waals surface area contributed by atoms with E-state index in [2.05, 4.69) is 13.8 Å². The predicted octanol–water partition coefficient (Wildman–Crippen LogP) is 4.33. The van der Waals surface area contributed by atoms with Crippen LogP contribution in [0.5, 0.6) is 5.75 Å². The molecule has 2 rings (SSSR count). The molecule has 0 radical (unpaired) electrons. The molecule has 1 unspecified atom stereocenters. The Morgan fingerprint density at radius 3 is 2.30 bits per heavy atom. The zero-order valence-electron chi connectivity index (χ0n) is 12.6. The van der Waals surface area contributed by atoms with Crippen LogP contribution in [-0.2, 0) is 0 Å². The molecule has 2 nitrogen and oxygen atoms in total. The second-order valence-electron chi connectivity index (χ2n) is 6.23. The van der Waals surface area contributed by atoms with Crippen LogP contribution in [0.2, 0.25) is 0 Å². The Bertz CT molecular complexity index is 437. The van der Waals surface area contributed by atoms with Gasteiger partial charge in [-0.2, -0.15) is 0 Å². The summed E-state index contributed by atoms with van der Waals surface area (Å²) in [4.78, 5) is 0. The molecule has 1 N–H and O–H groups in total. The van der Waals surface area contributed by atoms with Crippen LogP contribution in [-0.4, -0.2) is 12.2 Å². The quantitative estimate of drug-likeness (QED) is 0.889. The van der Waals surface area contributed by atoms with Gasteiger partial charge in [0.15, 0.2) is 11.6 Å². The van der Waals surface area contributed by atoms with E-state index in [0.717, 1.165) is 31.6 Å². The first-order valence-electron chi connectivity index (χ1n) is 7.55. The summed E-state index contributed by atoms with van der Waals surface area (Å²) < 4.78 is 19.2. The Morgan fingerprint density at radius 1 is 1.15 bits per heavy atom. The zero-order chi connectivity index (χ0) is 14.7. The third-order valence-electron chi connectivity index (χ3n) is 4.74. The maximum Gasteiger partial charge on any atom is 0.170 e. The van der Waals surface area contributed by atoms with Crippen molar-refractivity contribution in [3.8, 4) is 5.75 Å². The van der Waals surface area contributed by atoms with Crippen molar-refractivity contribution in [2.45, 2.75) is 45.6 Å². The van der Waals surface area contributed by atoms with E-state index < -0.39 is 11.9 Å². The van der Waals surface area contributed by atoms with Crippen molar-refractivity contribution in [1.82, 2.24) is 0 Å². The Hall–Kier alpha value is -1.09. The molecule has 0 saturated heterocycles. The van der Waals surface area contributed by atoms with Crippen LogP contribution in [0.25, 0.3) is 0 Å². The lowest BCUT2D eigenvalue weighted by atomic mass is 9.74. The van der Waals surface area contributed by atoms with Gasteiger partial charge in [-0.25, -0.2) is 4.39 Å². The summed E-state index contributed by atoms with van der Waals surface area (Å²) in [5.41, 5.74) is 0.373. The summed E-state index contributed by atoms with van der Waals surface area (Å²) in [5, 5.41) is 10.5.